The third-order valence-corrected chi connectivity index (χ3v) is 3.80. The molecule has 1 N–H and O–H groups in total. The van der Waals surface area contributed by atoms with Crippen LogP contribution in [0.15, 0.2) is 52.1 Å². The largest absolute Gasteiger partial charge is 0.410 e. The number of oxime groups is 1. The van der Waals surface area contributed by atoms with Gasteiger partial charge in [0.05, 0.1) is 12.2 Å². The van der Waals surface area contributed by atoms with Gasteiger partial charge in [0, 0.05) is 10.0 Å². The molecule has 1 aliphatic heterocycles. The smallest absolute Gasteiger partial charge is 0.281 e. The van der Waals surface area contributed by atoms with Crippen LogP contribution >= 0.6 is 15.9 Å². The van der Waals surface area contributed by atoms with E-state index >= 15 is 0 Å². The number of carbonyl (C=O) groups excluding carboxylic acids is 1. The first-order chi connectivity index (χ1) is 10.1. The highest BCUT2D eigenvalue weighted by molar-refractivity contribution is 9.10. The zero-order valence-corrected chi connectivity index (χ0v) is 12.3. The van der Waals surface area contributed by atoms with Crippen LogP contribution in [0.25, 0.3) is 0 Å². The lowest BCUT2D eigenvalue weighted by Crippen LogP contribution is -2.29. The van der Waals surface area contributed by atoms with Crippen LogP contribution in [0.4, 0.5) is 10.1 Å². The number of rotatable bonds is 2. The van der Waals surface area contributed by atoms with Crippen molar-refractivity contribution in [3.63, 3.8) is 0 Å². The highest BCUT2D eigenvalue weighted by atomic mass is 79.9. The summed E-state index contributed by atoms with van der Waals surface area (Å²) >= 11 is 3.33. The van der Waals surface area contributed by atoms with Crippen LogP contribution in [0, 0.1) is 5.82 Å². The summed E-state index contributed by atoms with van der Waals surface area (Å²) in [5.74, 6) is -0.705. The van der Waals surface area contributed by atoms with Crippen LogP contribution < -0.4 is 4.90 Å². The summed E-state index contributed by atoms with van der Waals surface area (Å²) < 4.78 is 13.7. The molecule has 6 heteroatoms. The van der Waals surface area contributed by atoms with Gasteiger partial charge in [-0.05, 0) is 35.9 Å². The number of benzene rings is 2. The van der Waals surface area contributed by atoms with Gasteiger partial charge < -0.3 is 10.1 Å². The maximum Gasteiger partial charge on any atom is 0.281 e. The van der Waals surface area contributed by atoms with E-state index in [1.54, 1.807) is 24.3 Å². The molecule has 2 aromatic rings. The van der Waals surface area contributed by atoms with Gasteiger partial charge in [-0.2, -0.15) is 0 Å². The maximum atomic E-state index is 12.9. The molecule has 0 fully saturated rings. The third-order valence-electron chi connectivity index (χ3n) is 3.31. The Balaban J connectivity index is 2.00. The van der Waals surface area contributed by atoms with Gasteiger partial charge in [0.1, 0.15) is 5.82 Å². The third kappa shape index (κ3) is 2.42. The minimum absolute atomic E-state index is 0.00779. The molecule has 0 saturated heterocycles. The summed E-state index contributed by atoms with van der Waals surface area (Å²) in [7, 11) is 0. The number of hydrogen-bond acceptors (Lipinski definition) is 3. The molecule has 0 atom stereocenters. The maximum absolute atomic E-state index is 12.9. The van der Waals surface area contributed by atoms with Gasteiger partial charge >= 0.3 is 0 Å². The van der Waals surface area contributed by atoms with E-state index in [1.807, 2.05) is 6.07 Å². The van der Waals surface area contributed by atoms with Crippen molar-refractivity contribution < 1.29 is 14.4 Å². The van der Waals surface area contributed by atoms with Crippen LogP contribution in [-0.4, -0.2) is 16.8 Å². The second-order valence-electron chi connectivity index (χ2n) is 4.63. The minimum atomic E-state index is -0.380. The number of hydrogen-bond donors (Lipinski definition) is 1. The molecule has 1 amide bonds. The summed E-state index contributed by atoms with van der Waals surface area (Å²) in [5, 5.41) is 12.2. The van der Waals surface area contributed by atoms with Crippen LogP contribution in [0.2, 0.25) is 0 Å². The van der Waals surface area contributed by atoms with E-state index in [-0.39, 0.29) is 24.0 Å². The molecule has 0 saturated carbocycles. The molecular formula is C15H10BrFN2O2. The highest BCUT2D eigenvalue weighted by Crippen LogP contribution is 2.32. The van der Waals surface area contributed by atoms with E-state index < -0.39 is 0 Å². The van der Waals surface area contributed by atoms with E-state index in [0.29, 0.717) is 11.3 Å². The minimum Gasteiger partial charge on any atom is -0.410 e. The Hall–Kier alpha value is -2.21. The molecule has 106 valence electrons. The summed E-state index contributed by atoms with van der Waals surface area (Å²) in [4.78, 5) is 13.8. The number of fused-ring (bicyclic) bond motifs is 1. The van der Waals surface area contributed by atoms with Crippen LogP contribution in [0.1, 0.15) is 11.1 Å². The Kier molecular flexibility index (Phi) is 3.47. The van der Waals surface area contributed by atoms with E-state index in [4.69, 9.17) is 5.21 Å². The molecule has 0 radical (unpaired) electrons. The van der Waals surface area contributed by atoms with Crippen molar-refractivity contribution in [3.05, 3.63) is 63.9 Å². The van der Waals surface area contributed by atoms with Crippen molar-refractivity contribution in [2.75, 3.05) is 4.90 Å². The summed E-state index contributed by atoms with van der Waals surface area (Å²) in [6.07, 6.45) is 0. The zero-order valence-electron chi connectivity index (χ0n) is 10.8. The predicted molar refractivity (Wildman–Crippen MR) is 80.1 cm³/mol. The van der Waals surface area contributed by atoms with Gasteiger partial charge in [0.2, 0.25) is 0 Å². The second kappa shape index (κ2) is 5.29. The van der Waals surface area contributed by atoms with Gasteiger partial charge in [-0.1, -0.05) is 33.2 Å². The molecule has 2 aromatic carbocycles. The normalized spacial score (nSPS) is 15.6. The van der Waals surface area contributed by atoms with Crippen molar-refractivity contribution >= 4 is 33.2 Å². The quantitative estimate of drug-likeness (QED) is 0.668. The van der Waals surface area contributed by atoms with E-state index in [9.17, 15) is 9.18 Å². The fourth-order valence-corrected chi connectivity index (χ4v) is 2.67. The lowest BCUT2D eigenvalue weighted by Gasteiger charge is -2.16. The van der Waals surface area contributed by atoms with Crippen molar-refractivity contribution in [3.8, 4) is 0 Å². The zero-order chi connectivity index (χ0) is 15.0. The molecule has 0 aliphatic carbocycles. The molecule has 3 rings (SSSR count). The Morgan fingerprint density at radius 3 is 2.57 bits per heavy atom. The van der Waals surface area contributed by atoms with Gasteiger partial charge in [-0.15, -0.1) is 0 Å². The molecule has 21 heavy (non-hydrogen) atoms. The first-order valence-electron chi connectivity index (χ1n) is 6.18. The Bertz CT molecular complexity index is 744. The van der Waals surface area contributed by atoms with Crippen molar-refractivity contribution in [2.45, 2.75) is 6.54 Å². The predicted octanol–water partition coefficient (Wildman–Crippen LogP) is 3.31. The number of amides is 1. The highest BCUT2D eigenvalue weighted by Gasteiger charge is 2.34. The van der Waals surface area contributed by atoms with Gasteiger partial charge in [0.15, 0.2) is 5.71 Å². The fourth-order valence-electron chi connectivity index (χ4n) is 2.31. The van der Waals surface area contributed by atoms with Crippen molar-refractivity contribution in [1.82, 2.24) is 0 Å². The summed E-state index contributed by atoms with van der Waals surface area (Å²) in [6.45, 7) is 0.284. The average Bonchev–Trinajstić information content (AvgIpc) is 2.73. The number of carbonyl (C=O) groups is 1. The van der Waals surface area contributed by atoms with Crippen LogP contribution in [0.3, 0.4) is 0 Å². The first kappa shape index (κ1) is 13.8. The molecule has 0 bridgehead atoms. The molecule has 1 heterocycles. The lowest BCUT2D eigenvalue weighted by atomic mass is 10.1. The number of anilines is 1. The van der Waals surface area contributed by atoms with Gasteiger partial charge in [0.25, 0.3) is 5.91 Å². The van der Waals surface area contributed by atoms with Gasteiger partial charge in [-0.3, -0.25) is 4.79 Å². The topological polar surface area (TPSA) is 52.9 Å². The van der Waals surface area contributed by atoms with Crippen molar-refractivity contribution in [1.29, 1.82) is 0 Å². The molecule has 1 aliphatic rings. The Morgan fingerprint density at radius 1 is 1.19 bits per heavy atom. The second-order valence-corrected chi connectivity index (χ2v) is 5.54. The molecular weight excluding hydrogens is 339 g/mol. The fraction of sp³-hybridized carbons (Fsp3) is 0.0667. The average molecular weight is 349 g/mol. The number of halogens is 2. The molecule has 0 spiro atoms. The SMILES string of the molecule is O=C1/C(=N\O)c2cc(Br)ccc2N1Cc1ccc(F)cc1. The Labute approximate surface area is 128 Å². The Morgan fingerprint density at radius 2 is 1.90 bits per heavy atom. The van der Waals surface area contributed by atoms with Crippen LogP contribution in [-0.2, 0) is 11.3 Å². The standard InChI is InChI=1S/C15H10BrFN2O2/c16-10-3-6-13-12(7-10)14(18-21)15(20)19(13)8-9-1-4-11(17)5-2-9/h1-7,21H,8H2/b18-14-. The molecule has 4 nitrogen and oxygen atoms in total. The first-order valence-corrected chi connectivity index (χ1v) is 6.98. The number of nitrogens with zero attached hydrogens (tertiary/aromatic N) is 2. The molecule has 0 unspecified atom stereocenters. The van der Waals surface area contributed by atoms with E-state index in [0.717, 1.165) is 10.0 Å². The summed E-state index contributed by atoms with van der Waals surface area (Å²) in [6, 6.07) is 11.2. The summed E-state index contributed by atoms with van der Waals surface area (Å²) in [5.41, 5.74) is 2.03. The van der Waals surface area contributed by atoms with Gasteiger partial charge in [-0.25, -0.2) is 4.39 Å². The van der Waals surface area contributed by atoms with E-state index in [1.165, 1.54) is 17.0 Å². The lowest BCUT2D eigenvalue weighted by molar-refractivity contribution is -0.112. The monoisotopic (exact) mass is 348 g/mol. The van der Waals surface area contributed by atoms with Crippen molar-refractivity contribution in [2.24, 2.45) is 5.16 Å². The van der Waals surface area contributed by atoms with Crippen LogP contribution in [0.5, 0.6) is 0 Å². The molecule has 0 aromatic heterocycles. The van der Waals surface area contributed by atoms with E-state index in [2.05, 4.69) is 21.1 Å².